The first-order valence-electron chi connectivity index (χ1n) is 6.60. The second kappa shape index (κ2) is 5.02. The topological polar surface area (TPSA) is 38.1 Å². The first-order valence-corrected chi connectivity index (χ1v) is 7.39. The van der Waals surface area contributed by atoms with Crippen molar-refractivity contribution in [2.75, 3.05) is 6.54 Å². The number of nitrogens with one attached hydrogen (secondary N) is 1. The van der Waals surface area contributed by atoms with Crippen LogP contribution in [-0.4, -0.2) is 11.5 Å². The molecule has 3 rings (SSSR count). The molecule has 1 unspecified atom stereocenters. The lowest BCUT2D eigenvalue weighted by Gasteiger charge is -2.02. The monoisotopic (exact) mass is 308 g/mol. The summed E-state index contributed by atoms with van der Waals surface area (Å²) in [6.45, 7) is 3.25. The van der Waals surface area contributed by atoms with Crippen LogP contribution in [0.25, 0.3) is 11.1 Å². The number of aromatic nitrogens is 1. The Balaban J connectivity index is 2.02. The summed E-state index contributed by atoms with van der Waals surface area (Å²) in [6.07, 6.45) is 4.54. The number of hydrogen-bond donors (Lipinski definition) is 1. The number of hydrogen-bond acceptors (Lipinski definition) is 3. The van der Waals surface area contributed by atoms with Gasteiger partial charge in [0.15, 0.2) is 5.58 Å². The van der Waals surface area contributed by atoms with Crippen molar-refractivity contribution >= 4 is 27.0 Å². The number of benzene rings is 1. The summed E-state index contributed by atoms with van der Waals surface area (Å²) in [5.41, 5.74) is 3.16. The lowest BCUT2D eigenvalue weighted by molar-refractivity contribution is 0.451. The van der Waals surface area contributed by atoms with Crippen LogP contribution in [0.2, 0.25) is 0 Å². The fourth-order valence-corrected chi connectivity index (χ4v) is 3.12. The van der Waals surface area contributed by atoms with Crippen molar-refractivity contribution in [3.8, 4) is 0 Å². The third kappa shape index (κ3) is 2.19. The highest BCUT2D eigenvalue weighted by Gasteiger charge is 2.22. The fourth-order valence-electron chi connectivity index (χ4n) is 2.54. The van der Waals surface area contributed by atoms with Gasteiger partial charge >= 0.3 is 0 Å². The summed E-state index contributed by atoms with van der Waals surface area (Å²) in [6, 6.07) is 4.58. The minimum atomic E-state index is 0.291. The molecule has 0 aliphatic carbocycles. The molecule has 1 aromatic heterocycles. The zero-order valence-corrected chi connectivity index (χ0v) is 12.1. The van der Waals surface area contributed by atoms with Gasteiger partial charge in [0.25, 0.3) is 0 Å². The molecule has 4 heteroatoms. The van der Waals surface area contributed by atoms with E-state index in [1.165, 1.54) is 12.0 Å². The molecule has 18 heavy (non-hydrogen) atoms. The highest BCUT2D eigenvalue weighted by Crippen LogP contribution is 2.31. The Kier molecular flexibility index (Phi) is 3.39. The van der Waals surface area contributed by atoms with Gasteiger partial charge in [-0.1, -0.05) is 13.3 Å². The molecule has 3 nitrogen and oxygen atoms in total. The van der Waals surface area contributed by atoms with Crippen molar-refractivity contribution in [1.82, 2.24) is 10.3 Å². The Hall–Kier alpha value is -0.870. The SMILES string of the molecule is CCCc1cc(Br)c2oc(C3CCCN3)nc2c1. The quantitative estimate of drug-likeness (QED) is 0.932. The molecule has 2 aromatic rings. The van der Waals surface area contributed by atoms with Gasteiger partial charge in [0.2, 0.25) is 5.89 Å². The van der Waals surface area contributed by atoms with Gasteiger partial charge in [-0.3, -0.25) is 0 Å². The second-order valence-electron chi connectivity index (χ2n) is 4.88. The zero-order valence-electron chi connectivity index (χ0n) is 10.5. The van der Waals surface area contributed by atoms with Crippen LogP contribution in [0.15, 0.2) is 21.0 Å². The van der Waals surface area contributed by atoms with E-state index in [9.17, 15) is 0 Å². The van der Waals surface area contributed by atoms with Gasteiger partial charge in [-0.05, 0) is 59.4 Å². The van der Waals surface area contributed by atoms with E-state index in [-0.39, 0.29) is 0 Å². The molecule has 1 atom stereocenters. The van der Waals surface area contributed by atoms with Crippen molar-refractivity contribution in [1.29, 1.82) is 0 Å². The summed E-state index contributed by atoms with van der Waals surface area (Å²) in [5.74, 6) is 0.830. The molecule has 0 spiro atoms. The third-order valence-corrected chi connectivity index (χ3v) is 4.01. The number of fused-ring (bicyclic) bond motifs is 1. The standard InChI is InChI=1S/C14H17BrN2O/c1-2-4-9-7-10(15)13-12(8-9)17-14(18-13)11-5-3-6-16-11/h7-8,11,16H,2-6H2,1H3. The van der Waals surface area contributed by atoms with Gasteiger partial charge in [0.05, 0.1) is 10.5 Å². The second-order valence-corrected chi connectivity index (χ2v) is 5.73. The molecule has 1 fully saturated rings. The number of oxazole rings is 1. The molecule has 0 amide bonds. The first kappa shape index (κ1) is 12.2. The molecule has 1 aliphatic heterocycles. The maximum absolute atomic E-state index is 5.90. The van der Waals surface area contributed by atoms with E-state index in [0.717, 1.165) is 47.3 Å². The normalized spacial score (nSPS) is 19.8. The van der Waals surface area contributed by atoms with E-state index in [4.69, 9.17) is 4.42 Å². The molecule has 1 aromatic carbocycles. The van der Waals surface area contributed by atoms with Crippen LogP contribution < -0.4 is 5.32 Å². The van der Waals surface area contributed by atoms with Crippen molar-refractivity contribution < 1.29 is 4.42 Å². The molecule has 1 saturated heterocycles. The Labute approximate surface area is 115 Å². The average molecular weight is 309 g/mol. The van der Waals surface area contributed by atoms with Crippen molar-refractivity contribution in [2.45, 2.75) is 38.6 Å². The van der Waals surface area contributed by atoms with E-state index in [2.05, 4.69) is 45.3 Å². The van der Waals surface area contributed by atoms with Gasteiger partial charge in [-0.2, -0.15) is 0 Å². The summed E-state index contributed by atoms with van der Waals surface area (Å²) in [4.78, 5) is 4.64. The summed E-state index contributed by atoms with van der Waals surface area (Å²) >= 11 is 3.59. The highest BCUT2D eigenvalue weighted by molar-refractivity contribution is 9.10. The van der Waals surface area contributed by atoms with Crippen LogP contribution >= 0.6 is 15.9 Å². The van der Waals surface area contributed by atoms with Crippen molar-refractivity contribution in [2.24, 2.45) is 0 Å². The van der Waals surface area contributed by atoms with Crippen molar-refractivity contribution in [3.63, 3.8) is 0 Å². The molecule has 0 radical (unpaired) electrons. The van der Waals surface area contributed by atoms with E-state index in [0.29, 0.717) is 6.04 Å². The van der Waals surface area contributed by atoms with Gasteiger partial charge < -0.3 is 9.73 Å². The Morgan fingerprint density at radius 3 is 3.11 bits per heavy atom. The minimum Gasteiger partial charge on any atom is -0.438 e. The molecular formula is C14H17BrN2O. The molecule has 2 heterocycles. The summed E-state index contributed by atoms with van der Waals surface area (Å²) in [5, 5.41) is 3.42. The minimum absolute atomic E-state index is 0.291. The Bertz CT molecular complexity index is 558. The average Bonchev–Trinajstić information content (AvgIpc) is 2.97. The third-order valence-electron chi connectivity index (χ3n) is 3.42. The van der Waals surface area contributed by atoms with Gasteiger partial charge in [0.1, 0.15) is 5.52 Å². The Morgan fingerprint density at radius 1 is 1.50 bits per heavy atom. The number of halogens is 1. The predicted octanol–water partition coefficient (Wildman–Crippen LogP) is 3.97. The van der Waals surface area contributed by atoms with Gasteiger partial charge in [0, 0.05) is 0 Å². The van der Waals surface area contributed by atoms with Crippen LogP contribution in [-0.2, 0) is 6.42 Å². The molecule has 0 bridgehead atoms. The van der Waals surface area contributed by atoms with E-state index < -0.39 is 0 Å². The number of aryl methyl sites for hydroxylation is 1. The van der Waals surface area contributed by atoms with Crippen LogP contribution in [0.5, 0.6) is 0 Å². The van der Waals surface area contributed by atoms with Crippen LogP contribution in [0.4, 0.5) is 0 Å². The van der Waals surface area contributed by atoms with Crippen LogP contribution in [0.3, 0.4) is 0 Å². The zero-order chi connectivity index (χ0) is 12.5. The van der Waals surface area contributed by atoms with E-state index >= 15 is 0 Å². The van der Waals surface area contributed by atoms with Gasteiger partial charge in [-0.15, -0.1) is 0 Å². The molecular weight excluding hydrogens is 292 g/mol. The molecule has 1 aliphatic rings. The number of nitrogens with zero attached hydrogens (tertiary/aromatic N) is 1. The van der Waals surface area contributed by atoms with E-state index in [1.54, 1.807) is 0 Å². The molecule has 0 saturated carbocycles. The maximum atomic E-state index is 5.90. The van der Waals surface area contributed by atoms with Crippen LogP contribution in [0, 0.1) is 0 Å². The molecule has 1 N–H and O–H groups in total. The van der Waals surface area contributed by atoms with E-state index in [1.807, 2.05) is 0 Å². The Morgan fingerprint density at radius 2 is 2.39 bits per heavy atom. The number of rotatable bonds is 3. The lowest BCUT2D eigenvalue weighted by Crippen LogP contribution is -2.12. The summed E-state index contributed by atoms with van der Waals surface area (Å²) in [7, 11) is 0. The molecule has 96 valence electrons. The fraction of sp³-hybridized carbons (Fsp3) is 0.500. The lowest BCUT2D eigenvalue weighted by atomic mass is 10.1. The largest absolute Gasteiger partial charge is 0.438 e. The summed E-state index contributed by atoms with van der Waals surface area (Å²) < 4.78 is 6.91. The first-order chi connectivity index (χ1) is 8.78. The highest BCUT2D eigenvalue weighted by atomic mass is 79.9. The maximum Gasteiger partial charge on any atom is 0.212 e. The smallest absolute Gasteiger partial charge is 0.212 e. The van der Waals surface area contributed by atoms with Crippen LogP contribution in [0.1, 0.15) is 43.7 Å². The van der Waals surface area contributed by atoms with Crippen molar-refractivity contribution in [3.05, 3.63) is 28.1 Å². The predicted molar refractivity (Wildman–Crippen MR) is 75.7 cm³/mol. The van der Waals surface area contributed by atoms with Gasteiger partial charge in [-0.25, -0.2) is 4.98 Å².